The SMILES string of the molecule is CN(C(=O)n1cnc(-c2cccc(C(N)=O)c2)c1)C1CCN(Cc2ccccc2O)CC1.CN(C(=O)n1cnc(-c2cccc(C(N)=O)c2)c1)C1CCN(Cc2ccccc2O)CC1.Cl.Cl. The zero-order valence-electron chi connectivity index (χ0n) is 36.8. The van der Waals surface area contributed by atoms with Crippen LogP contribution in [0.15, 0.2) is 122 Å². The standard InChI is InChI=1S/2C24H27N5O3.2ClH/c2*1-27(20-9-11-28(12-10-20)14-19-5-2-3-8-22(19)30)24(32)29-15-21(26-16-29)17-6-4-7-18(13-17)23(25)31;;/h2*2-8,13,15-16,20,30H,9-12,14H2,1H3,(H2,25,31);2*1H. The summed E-state index contributed by atoms with van der Waals surface area (Å²) < 4.78 is 2.95. The summed E-state index contributed by atoms with van der Waals surface area (Å²) in [7, 11) is 3.64. The molecule has 6 aromatic rings. The van der Waals surface area contributed by atoms with Gasteiger partial charge in [0.1, 0.15) is 24.2 Å². The highest BCUT2D eigenvalue weighted by atomic mass is 35.5. The van der Waals surface area contributed by atoms with Gasteiger partial charge in [-0.2, -0.15) is 0 Å². The molecule has 8 rings (SSSR count). The minimum absolute atomic E-state index is 0. The van der Waals surface area contributed by atoms with Crippen molar-refractivity contribution in [1.82, 2.24) is 38.7 Å². The van der Waals surface area contributed by atoms with Crippen molar-refractivity contribution >= 4 is 48.7 Å². The number of amides is 4. The van der Waals surface area contributed by atoms with Crippen molar-refractivity contribution in [2.75, 3.05) is 40.3 Å². The van der Waals surface area contributed by atoms with Crippen LogP contribution in [0.1, 0.15) is 57.5 Å². The number of phenols is 2. The van der Waals surface area contributed by atoms with Crippen LogP contribution in [0.25, 0.3) is 22.5 Å². The number of benzene rings is 4. The summed E-state index contributed by atoms with van der Waals surface area (Å²) in [5.74, 6) is -0.370. The predicted molar refractivity (Wildman–Crippen MR) is 257 cm³/mol. The molecule has 0 bridgehead atoms. The van der Waals surface area contributed by atoms with Crippen molar-refractivity contribution in [3.05, 3.63) is 144 Å². The number of hydrogen-bond acceptors (Lipinski definition) is 10. The molecule has 0 atom stereocenters. The minimum Gasteiger partial charge on any atom is -0.508 e. The maximum Gasteiger partial charge on any atom is 0.329 e. The van der Waals surface area contributed by atoms with Crippen molar-refractivity contribution in [2.24, 2.45) is 11.5 Å². The minimum atomic E-state index is -0.504. The number of piperidine rings is 2. The molecule has 2 aliphatic heterocycles. The van der Waals surface area contributed by atoms with E-state index >= 15 is 0 Å². The van der Waals surface area contributed by atoms with Crippen LogP contribution >= 0.6 is 24.8 Å². The summed E-state index contributed by atoms with van der Waals surface area (Å²) in [6.07, 6.45) is 9.78. The van der Waals surface area contributed by atoms with E-state index in [9.17, 15) is 29.4 Å². The molecule has 16 nitrogen and oxygen atoms in total. The van der Waals surface area contributed by atoms with Crippen LogP contribution in [0.5, 0.6) is 11.5 Å². The zero-order valence-corrected chi connectivity index (χ0v) is 38.5. The number of nitrogens with zero attached hydrogens (tertiary/aromatic N) is 8. The second-order valence-corrected chi connectivity index (χ2v) is 16.3. The Kier molecular flexibility index (Phi) is 17.5. The Labute approximate surface area is 396 Å². The van der Waals surface area contributed by atoms with Crippen molar-refractivity contribution < 1.29 is 29.4 Å². The number of carbonyl (C=O) groups excluding carboxylic acids is 4. The highest BCUT2D eigenvalue weighted by Gasteiger charge is 2.28. The average molecular weight is 940 g/mol. The molecule has 2 aliphatic rings. The van der Waals surface area contributed by atoms with Crippen LogP contribution in [0, 0.1) is 0 Å². The largest absolute Gasteiger partial charge is 0.508 e. The van der Waals surface area contributed by atoms with Gasteiger partial charge < -0.3 is 31.5 Å². The quantitative estimate of drug-likeness (QED) is 0.115. The van der Waals surface area contributed by atoms with Crippen molar-refractivity contribution in [2.45, 2.75) is 50.9 Å². The third-order valence-corrected chi connectivity index (χ3v) is 12.1. The van der Waals surface area contributed by atoms with Gasteiger partial charge in [-0.3, -0.25) is 28.5 Å². The molecule has 2 saturated heterocycles. The normalized spacial score (nSPS) is 14.5. The average Bonchev–Trinajstić information content (AvgIpc) is 4.02. The number of likely N-dealkylation sites (tertiary alicyclic amines) is 2. The van der Waals surface area contributed by atoms with E-state index in [1.54, 1.807) is 70.7 Å². The van der Waals surface area contributed by atoms with E-state index in [4.69, 9.17) is 11.5 Å². The molecule has 4 heterocycles. The van der Waals surface area contributed by atoms with E-state index in [2.05, 4.69) is 19.8 Å². The highest BCUT2D eigenvalue weighted by molar-refractivity contribution is 5.94. The first kappa shape index (κ1) is 50.3. The molecule has 348 valence electrons. The molecule has 4 amide bonds. The lowest BCUT2D eigenvalue weighted by atomic mass is 10.0. The number of aromatic hydroxyl groups is 2. The van der Waals surface area contributed by atoms with E-state index < -0.39 is 11.8 Å². The van der Waals surface area contributed by atoms with Crippen LogP contribution in [-0.2, 0) is 13.1 Å². The topological polar surface area (TPSA) is 209 Å². The fraction of sp³-hybridized carbons (Fsp3) is 0.292. The zero-order chi connectivity index (χ0) is 45.3. The molecule has 0 spiro atoms. The third-order valence-electron chi connectivity index (χ3n) is 12.1. The molecular weight excluding hydrogens is 883 g/mol. The number of rotatable bonds is 10. The molecule has 66 heavy (non-hydrogen) atoms. The number of aromatic nitrogens is 4. The molecule has 0 unspecified atom stereocenters. The van der Waals surface area contributed by atoms with E-state index in [1.165, 1.54) is 21.8 Å². The Morgan fingerprint density at radius 3 is 1.29 bits per heavy atom. The molecule has 4 aromatic carbocycles. The number of primary amides is 2. The maximum absolute atomic E-state index is 13.0. The first-order valence-corrected chi connectivity index (χ1v) is 21.3. The molecule has 0 aliphatic carbocycles. The van der Waals surface area contributed by atoms with E-state index in [1.807, 2.05) is 62.6 Å². The smallest absolute Gasteiger partial charge is 0.329 e. The van der Waals surface area contributed by atoms with E-state index in [0.717, 1.165) is 74.1 Å². The van der Waals surface area contributed by atoms with Gasteiger partial charge in [-0.15, -0.1) is 24.8 Å². The second-order valence-electron chi connectivity index (χ2n) is 16.3. The number of hydrogen-bond donors (Lipinski definition) is 4. The number of phenolic OH excluding ortho intramolecular Hbond substituents is 2. The molecule has 6 N–H and O–H groups in total. The van der Waals surface area contributed by atoms with Crippen LogP contribution in [0.4, 0.5) is 9.59 Å². The lowest BCUT2D eigenvalue weighted by molar-refractivity contribution is 0.0992. The Bertz CT molecular complexity index is 2430. The van der Waals surface area contributed by atoms with Gasteiger partial charge in [0.05, 0.1) is 11.4 Å². The molecule has 0 saturated carbocycles. The lowest BCUT2D eigenvalue weighted by Gasteiger charge is -2.36. The van der Waals surface area contributed by atoms with E-state index in [0.29, 0.717) is 47.1 Å². The van der Waals surface area contributed by atoms with Gasteiger partial charge in [0.15, 0.2) is 0 Å². The van der Waals surface area contributed by atoms with Gasteiger partial charge in [-0.1, -0.05) is 60.7 Å². The van der Waals surface area contributed by atoms with Crippen LogP contribution in [0.3, 0.4) is 0 Å². The van der Waals surface area contributed by atoms with Gasteiger partial charge in [-0.05, 0) is 62.1 Å². The number of para-hydroxylation sites is 2. The lowest BCUT2D eigenvalue weighted by Crippen LogP contribution is -2.46. The molecule has 0 radical (unpaired) electrons. The summed E-state index contributed by atoms with van der Waals surface area (Å²) in [5.41, 5.74) is 16.0. The predicted octanol–water partition coefficient (Wildman–Crippen LogP) is 6.68. The van der Waals surface area contributed by atoms with Crippen LogP contribution < -0.4 is 11.5 Å². The second kappa shape index (κ2) is 22.9. The molecule has 18 heteroatoms. The Hall–Kier alpha value is -6.72. The van der Waals surface area contributed by atoms with Crippen molar-refractivity contribution in [3.63, 3.8) is 0 Å². The van der Waals surface area contributed by atoms with Crippen molar-refractivity contribution in [3.8, 4) is 34.0 Å². The first-order chi connectivity index (χ1) is 30.8. The summed E-state index contributed by atoms with van der Waals surface area (Å²) in [6.45, 7) is 4.81. The van der Waals surface area contributed by atoms with Crippen LogP contribution in [0.2, 0.25) is 0 Å². The Morgan fingerprint density at radius 2 is 0.939 bits per heavy atom. The highest BCUT2D eigenvalue weighted by Crippen LogP contribution is 2.26. The van der Waals surface area contributed by atoms with Gasteiger partial charge in [0.25, 0.3) is 0 Å². The number of imidazole rings is 2. The van der Waals surface area contributed by atoms with Crippen molar-refractivity contribution in [1.29, 1.82) is 0 Å². The monoisotopic (exact) mass is 938 g/mol. The fourth-order valence-corrected chi connectivity index (χ4v) is 8.19. The number of carbonyl (C=O) groups is 4. The summed E-state index contributed by atoms with van der Waals surface area (Å²) in [6, 6.07) is 28.5. The Morgan fingerprint density at radius 1 is 0.576 bits per heavy atom. The Balaban J connectivity index is 0.000000240. The van der Waals surface area contributed by atoms with Gasteiger partial charge in [0.2, 0.25) is 11.8 Å². The number of halogens is 2. The molecular formula is C48H56Cl2N10O6. The third kappa shape index (κ3) is 12.3. The fourth-order valence-electron chi connectivity index (χ4n) is 8.19. The summed E-state index contributed by atoms with van der Waals surface area (Å²) in [5, 5.41) is 20.0. The van der Waals surface area contributed by atoms with Crippen LogP contribution in [-0.4, -0.2) is 125 Å². The summed E-state index contributed by atoms with van der Waals surface area (Å²) >= 11 is 0. The van der Waals surface area contributed by atoms with Gasteiger partial charge in [0, 0.05) is 111 Å². The first-order valence-electron chi connectivity index (χ1n) is 21.3. The maximum atomic E-state index is 13.0. The van der Waals surface area contributed by atoms with Gasteiger partial charge >= 0.3 is 12.1 Å². The summed E-state index contributed by atoms with van der Waals surface area (Å²) in [4.78, 5) is 65.7. The number of nitrogens with two attached hydrogens (primary N) is 2. The van der Waals surface area contributed by atoms with E-state index in [-0.39, 0.29) is 49.0 Å². The van der Waals surface area contributed by atoms with Gasteiger partial charge in [-0.25, -0.2) is 19.6 Å². The molecule has 2 aromatic heterocycles. The molecule has 2 fully saturated rings.